The number of anilines is 1. The molecule has 1 fully saturated rings. The van der Waals surface area contributed by atoms with Gasteiger partial charge in [0.05, 0.1) is 0 Å². The quantitative estimate of drug-likeness (QED) is 0.905. The number of carbonyl (C=O) groups excluding carboxylic acids is 1. The number of carbonyl (C=O) groups is 1. The SMILES string of the molecule is CCCc1cc(C(=O)N2CCC(C(C)C)C2)cc(NC)n1. The molecule has 2 rings (SSSR count). The highest BCUT2D eigenvalue weighted by Gasteiger charge is 2.28. The summed E-state index contributed by atoms with van der Waals surface area (Å²) in [4.78, 5) is 19.2. The highest BCUT2D eigenvalue weighted by Crippen LogP contribution is 2.25. The van der Waals surface area contributed by atoms with E-state index < -0.39 is 0 Å². The lowest BCUT2D eigenvalue weighted by Gasteiger charge is -2.19. The number of likely N-dealkylation sites (tertiary alicyclic amines) is 1. The molecule has 0 radical (unpaired) electrons. The van der Waals surface area contributed by atoms with Crippen molar-refractivity contribution >= 4 is 11.7 Å². The van der Waals surface area contributed by atoms with Crippen LogP contribution in [0.25, 0.3) is 0 Å². The molecule has 21 heavy (non-hydrogen) atoms. The van der Waals surface area contributed by atoms with E-state index in [4.69, 9.17) is 0 Å². The fourth-order valence-electron chi connectivity index (χ4n) is 2.92. The summed E-state index contributed by atoms with van der Waals surface area (Å²) < 4.78 is 0. The van der Waals surface area contributed by atoms with Crippen molar-refractivity contribution in [2.45, 2.75) is 40.0 Å². The van der Waals surface area contributed by atoms with Crippen LogP contribution in [0.2, 0.25) is 0 Å². The maximum Gasteiger partial charge on any atom is 0.254 e. The Morgan fingerprint density at radius 1 is 1.48 bits per heavy atom. The zero-order valence-electron chi connectivity index (χ0n) is 13.6. The molecule has 4 heteroatoms. The van der Waals surface area contributed by atoms with E-state index in [9.17, 15) is 4.79 Å². The Morgan fingerprint density at radius 3 is 2.81 bits per heavy atom. The highest BCUT2D eigenvalue weighted by molar-refractivity contribution is 5.95. The van der Waals surface area contributed by atoms with Crippen molar-refractivity contribution in [1.82, 2.24) is 9.88 Å². The first-order valence-corrected chi connectivity index (χ1v) is 8.03. The topological polar surface area (TPSA) is 45.2 Å². The van der Waals surface area contributed by atoms with Crippen molar-refractivity contribution < 1.29 is 4.79 Å². The third-order valence-corrected chi connectivity index (χ3v) is 4.34. The van der Waals surface area contributed by atoms with Crippen molar-refractivity contribution in [3.8, 4) is 0 Å². The molecule has 0 saturated carbocycles. The Bertz CT molecular complexity index is 499. The van der Waals surface area contributed by atoms with Gasteiger partial charge in [-0.15, -0.1) is 0 Å². The Morgan fingerprint density at radius 2 is 2.24 bits per heavy atom. The monoisotopic (exact) mass is 289 g/mol. The molecule has 1 unspecified atom stereocenters. The molecule has 2 heterocycles. The summed E-state index contributed by atoms with van der Waals surface area (Å²) in [5.41, 5.74) is 1.76. The summed E-state index contributed by atoms with van der Waals surface area (Å²) in [5, 5.41) is 3.06. The molecule has 1 aliphatic heterocycles. The third kappa shape index (κ3) is 3.74. The zero-order valence-corrected chi connectivity index (χ0v) is 13.6. The molecule has 1 amide bonds. The van der Waals surface area contributed by atoms with Crippen molar-refractivity contribution in [2.75, 3.05) is 25.5 Å². The maximum absolute atomic E-state index is 12.7. The highest BCUT2D eigenvalue weighted by atomic mass is 16.2. The lowest BCUT2D eigenvalue weighted by atomic mass is 9.95. The second-order valence-electron chi connectivity index (χ2n) is 6.28. The number of aryl methyl sites for hydroxylation is 1. The maximum atomic E-state index is 12.7. The van der Waals surface area contributed by atoms with Gasteiger partial charge in [-0.25, -0.2) is 4.98 Å². The predicted molar refractivity (Wildman–Crippen MR) is 86.6 cm³/mol. The minimum absolute atomic E-state index is 0.148. The molecule has 0 bridgehead atoms. The molecule has 1 aromatic rings. The molecule has 0 aliphatic carbocycles. The molecule has 1 atom stereocenters. The molecule has 1 aromatic heterocycles. The summed E-state index contributed by atoms with van der Waals surface area (Å²) in [6.45, 7) is 8.37. The normalized spacial score (nSPS) is 18.3. The minimum Gasteiger partial charge on any atom is -0.373 e. The second-order valence-corrected chi connectivity index (χ2v) is 6.28. The van der Waals surface area contributed by atoms with E-state index in [0.29, 0.717) is 11.8 Å². The first-order chi connectivity index (χ1) is 10.0. The van der Waals surface area contributed by atoms with Crippen LogP contribution in [0, 0.1) is 11.8 Å². The van der Waals surface area contributed by atoms with Gasteiger partial charge >= 0.3 is 0 Å². The van der Waals surface area contributed by atoms with E-state index in [0.717, 1.165) is 49.4 Å². The predicted octanol–water partition coefficient (Wildman–Crippen LogP) is 3.19. The average Bonchev–Trinajstić information content (AvgIpc) is 2.96. The number of hydrogen-bond acceptors (Lipinski definition) is 3. The van der Waals surface area contributed by atoms with Gasteiger partial charge in [0.15, 0.2) is 0 Å². The molecular weight excluding hydrogens is 262 g/mol. The van der Waals surface area contributed by atoms with Crippen molar-refractivity contribution in [3.63, 3.8) is 0 Å². The Kier molecular flexibility index (Phi) is 5.21. The largest absolute Gasteiger partial charge is 0.373 e. The molecule has 0 spiro atoms. The summed E-state index contributed by atoms with van der Waals surface area (Å²) in [6, 6.07) is 3.82. The summed E-state index contributed by atoms with van der Waals surface area (Å²) in [5.74, 6) is 2.21. The van der Waals surface area contributed by atoms with Gasteiger partial charge in [-0.2, -0.15) is 0 Å². The van der Waals surface area contributed by atoms with Crippen LogP contribution in [0.3, 0.4) is 0 Å². The van der Waals surface area contributed by atoms with Gasteiger partial charge < -0.3 is 10.2 Å². The van der Waals surface area contributed by atoms with Crippen LogP contribution in [0.15, 0.2) is 12.1 Å². The molecule has 116 valence electrons. The van der Waals surface area contributed by atoms with Gasteiger partial charge in [-0.05, 0) is 36.8 Å². The van der Waals surface area contributed by atoms with Crippen molar-refractivity contribution in [2.24, 2.45) is 11.8 Å². The summed E-state index contributed by atoms with van der Waals surface area (Å²) >= 11 is 0. The number of rotatable bonds is 5. The van der Waals surface area contributed by atoms with Crippen LogP contribution in [-0.2, 0) is 6.42 Å². The third-order valence-electron chi connectivity index (χ3n) is 4.34. The van der Waals surface area contributed by atoms with Crippen LogP contribution in [0.1, 0.15) is 49.7 Å². The van der Waals surface area contributed by atoms with E-state index >= 15 is 0 Å². The standard InChI is InChI=1S/C17H27N3O/c1-5-6-15-9-14(10-16(18-4)19-15)17(21)20-8-7-13(11-20)12(2)3/h9-10,12-13H,5-8,11H2,1-4H3,(H,18,19). The Balaban J connectivity index is 2.17. The second kappa shape index (κ2) is 6.92. The average molecular weight is 289 g/mol. The Hall–Kier alpha value is -1.58. The lowest BCUT2D eigenvalue weighted by molar-refractivity contribution is 0.0784. The fraction of sp³-hybridized carbons (Fsp3) is 0.647. The molecule has 0 aromatic carbocycles. The van der Waals surface area contributed by atoms with E-state index in [1.165, 1.54) is 0 Å². The van der Waals surface area contributed by atoms with Gasteiger partial charge in [0.25, 0.3) is 5.91 Å². The van der Waals surface area contributed by atoms with Gasteiger partial charge in [0.2, 0.25) is 0 Å². The minimum atomic E-state index is 0.148. The smallest absolute Gasteiger partial charge is 0.254 e. The van der Waals surface area contributed by atoms with Gasteiger partial charge in [-0.3, -0.25) is 4.79 Å². The number of hydrogen-bond donors (Lipinski definition) is 1. The van der Waals surface area contributed by atoms with Crippen LogP contribution in [-0.4, -0.2) is 35.9 Å². The van der Waals surface area contributed by atoms with Crippen molar-refractivity contribution in [3.05, 3.63) is 23.4 Å². The van der Waals surface area contributed by atoms with Crippen LogP contribution < -0.4 is 5.32 Å². The summed E-state index contributed by atoms with van der Waals surface area (Å²) in [6.07, 6.45) is 3.06. The fourth-order valence-corrected chi connectivity index (χ4v) is 2.92. The van der Waals surface area contributed by atoms with Gasteiger partial charge in [0, 0.05) is 31.4 Å². The van der Waals surface area contributed by atoms with Gasteiger partial charge in [0.1, 0.15) is 5.82 Å². The summed E-state index contributed by atoms with van der Waals surface area (Å²) in [7, 11) is 1.84. The lowest BCUT2D eigenvalue weighted by Crippen LogP contribution is -2.29. The van der Waals surface area contributed by atoms with E-state index in [1.807, 2.05) is 24.1 Å². The first-order valence-electron chi connectivity index (χ1n) is 8.03. The molecule has 1 saturated heterocycles. The Labute approximate surface area is 127 Å². The van der Waals surface area contributed by atoms with E-state index in [1.54, 1.807) is 0 Å². The van der Waals surface area contributed by atoms with Crippen LogP contribution in [0.5, 0.6) is 0 Å². The number of nitrogens with zero attached hydrogens (tertiary/aromatic N) is 2. The van der Waals surface area contributed by atoms with E-state index in [-0.39, 0.29) is 5.91 Å². The number of pyridine rings is 1. The van der Waals surface area contributed by atoms with Crippen LogP contribution in [0.4, 0.5) is 5.82 Å². The molecule has 1 N–H and O–H groups in total. The number of amides is 1. The zero-order chi connectivity index (χ0) is 15.4. The van der Waals surface area contributed by atoms with Gasteiger partial charge in [-0.1, -0.05) is 27.2 Å². The molecular formula is C17H27N3O. The number of aromatic nitrogens is 1. The first kappa shape index (κ1) is 15.8. The molecule has 4 nitrogen and oxygen atoms in total. The van der Waals surface area contributed by atoms with E-state index in [2.05, 4.69) is 31.1 Å². The molecule has 1 aliphatic rings. The van der Waals surface area contributed by atoms with Crippen LogP contribution >= 0.6 is 0 Å². The number of nitrogens with one attached hydrogen (secondary N) is 1. The van der Waals surface area contributed by atoms with Crippen molar-refractivity contribution in [1.29, 1.82) is 0 Å².